The molecule has 4 nitrogen and oxygen atoms in total. The summed E-state index contributed by atoms with van der Waals surface area (Å²) in [5.74, 6) is 0. The molecule has 0 aromatic carbocycles. The molecule has 0 saturated heterocycles. The molecule has 0 bridgehead atoms. The molecule has 0 amide bonds. The van der Waals surface area contributed by atoms with Crippen LogP contribution < -0.4 is 5.32 Å². The molecule has 0 fully saturated rings. The van der Waals surface area contributed by atoms with Crippen molar-refractivity contribution >= 4 is 10.8 Å². The maximum absolute atomic E-state index is 11.0. The van der Waals surface area contributed by atoms with Crippen molar-refractivity contribution in [3.63, 3.8) is 0 Å². The van der Waals surface area contributed by atoms with Gasteiger partial charge in [-0.3, -0.25) is 4.21 Å². The van der Waals surface area contributed by atoms with Gasteiger partial charge < -0.3 is 10.3 Å². The van der Waals surface area contributed by atoms with Crippen LogP contribution in [0.25, 0.3) is 0 Å². The van der Waals surface area contributed by atoms with Crippen molar-refractivity contribution in [2.75, 3.05) is 12.8 Å². The third-order valence-corrected chi connectivity index (χ3v) is 3.53. The number of nitrogens with one attached hydrogen (secondary N) is 2. The van der Waals surface area contributed by atoms with Crippen LogP contribution in [0.1, 0.15) is 19.0 Å². The number of nitrogens with zero attached hydrogens (tertiary/aromatic N) is 1. The van der Waals surface area contributed by atoms with E-state index >= 15 is 0 Å². The van der Waals surface area contributed by atoms with Gasteiger partial charge in [-0.1, -0.05) is 6.92 Å². The van der Waals surface area contributed by atoms with Crippen LogP contribution in [0.4, 0.5) is 0 Å². The normalized spacial score (nSPS) is 15.3. The highest BCUT2D eigenvalue weighted by atomic mass is 32.2. The Bertz CT molecular complexity index is 274. The minimum atomic E-state index is -0.711. The monoisotopic (exact) mass is 215 g/mol. The summed E-state index contributed by atoms with van der Waals surface area (Å²) in [4.78, 5) is 6.93. The van der Waals surface area contributed by atoms with Gasteiger partial charge in [0.2, 0.25) is 0 Å². The zero-order valence-electron chi connectivity index (χ0n) is 8.62. The molecule has 0 aliphatic heterocycles. The molecule has 5 heteroatoms. The lowest BCUT2D eigenvalue weighted by atomic mass is 10.3. The average molecular weight is 215 g/mol. The van der Waals surface area contributed by atoms with Crippen molar-refractivity contribution in [2.45, 2.75) is 25.1 Å². The van der Waals surface area contributed by atoms with Crippen molar-refractivity contribution in [1.82, 2.24) is 15.3 Å². The molecule has 2 N–H and O–H groups in total. The van der Waals surface area contributed by atoms with E-state index in [0.29, 0.717) is 0 Å². The van der Waals surface area contributed by atoms with Crippen LogP contribution in [0.2, 0.25) is 0 Å². The lowest BCUT2D eigenvalue weighted by Crippen LogP contribution is -2.21. The second-order valence-electron chi connectivity index (χ2n) is 3.35. The maximum Gasteiger partial charge on any atom is 0.0922 e. The van der Waals surface area contributed by atoms with E-state index in [9.17, 15) is 4.21 Å². The topological polar surface area (TPSA) is 57.8 Å². The van der Waals surface area contributed by atoms with Crippen LogP contribution in [0.3, 0.4) is 0 Å². The van der Waals surface area contributed by atoms with Crippen LogP contribution in [-0.2, 0) is 17.3 Å². The molecule has 1 aromatic heterocycles. The molecule has 1 rings (SSSR count). The van der Waals surface area contributed by atoms with Gasteiger partial charge in [-0.2, -0.15) is 0 Å². The average Bonchev–Trinajstić information content (AvgIpc) is 2.64. The van der Waals surface area contributed by atoms with Crippen LogP contribution >= 0.6 is 0 Å². The molecular weight excluding hydrogens is 198 g/mol. The third-order valence-electron chi connectivity index (χ3n) is 2.16. The number of hydrogen-bond donors (Lipinski definition) is 2. The van der Waals surface area contributed by atoms with Crippen molar-refractivity contribution in [3.05, 3.63) is 18.2 Å². The molecule has 0 radical (unpaired) electrons. The first kappa shape index (κ1) is 11.4. The maximum atomic E-state index is 11.0. The SMILES string of the molecule is CC(CCNCc1cnc[nH]1)S(C)=O. The molecule has 80 valence electrons. The summed E-state index contributed by atoms with van der Waals surface area (Å²) in [6.07, 6.45) is 6.16. The summed E-state index contributed by atoms with van der Waals surface area (Å²) in [7, 11) is -0.711. The van der Waals surface area contributed by atoms with Crippen molar-refractivity contribution < 1.29 is 4.21 Å². The van der Waals surface area contributed by atoms with Gasteiger partial charge >= 0.3 is 0 Å². The smallest absolute Gasteiger partial charge is 0.0922 e. The first-order chi connectivity index (χ1) is 6.70. The molecule has 1 heterocycles. The van der Waals surface area contributed by atoms with Crippen molar-refractivity contribution in [1.29, 1.82) is 0 Å². The van der Waals surface area contributed by atoms with E-state index in [0.717, 1.165) is 25.2 Å². The van der Waals surface area contributed by atoms with E-state index in [4.69, 9.17) is 0 Å². The largest absolute Gasteiger partial charge is 0.347 e. The predicted octanol–water partition coefficient (Wildman–Crippen LogP) is 0.656. The zero-order chi connectivity index (χ0) is 10.4. The second-order valence-corrected chi connectivity index (χ2v) is 5.15. The standard InChI is InChI=1S/C9H17N3OS/c1-8(14(2)13)3-4-10-5-9-6-11-7-12-9/h6-8,10H,3-5H2,1-2H3,(H,11,12). The van der Waals surface area contributed by atoms with Gasteiger partial charge in [-0.15, -0.1) is 0 Å². The fraction of sp³-hybridized carbons (Fsp3) is 0.667. The van der Waals surface area contributed by atoms with Crippen LogP contribution in [0.5, 0.6) is 0 Å². The summed E-state index contributed by atoms with van der Waals surface area (Å²) >= 11 is 0. The first-order valence-corrected chi connectivity index (χ1v) is 6.32. The van der Waals surface area contributed by atoms with Gasteiger partial charge in [-0.25, -0.2) is 4.98 Å². The number of aromatic amines is 1. The van der Waals surface area contributed by atoms with Crippen LogP contribution in [0.15, 0.2) is 12.5 Å². The van der Waals surface area contributed by atoms with E-state index in [2.05, 4.69) is 15.3 Å². The summed E-state index contributed by atoms with van der Waals surface area (Å²) in [5, 5.41) is 3.54. The molecule has 0 aliphatic carbocycles. The number of H-pyrrole nitrogens is 1. The Morgan fingerprint density at radius 2 is 2.50 bits per heavy atom. The Morgan fingerprint density at radius 1 is 1.71 bits per heavy atom. The van der Waals surface area contributed by atoms with Gasteiger partial charge in [0.05, 0.1) is 6.33 Å². The second kappa shape index (κ2) is 5.93. The third kappa shape index (κ3) is 4.02. The van der Waals surface area contributed by atoms with Gasteiger partial charge in [-0.05, 0) is 13.0 Å². The molecule has 0 spiro atoms. The van der Waals surface area contributed by atoms with Gasteiger partial charge in [0.1, 0.15) is 0 Å². The van der Waals surface area contributed by atoms with E-state index in [1.165, 1.54) is 0 Å². The lowest BCUT2D eigenvalue weighted by molar-refractivity contribution is 0.624. The highest BCUT2D eigenvalue weighted by molar-refractivity contribution is 7.84. The van der Waals surface area contributed by atoms with Crippen molar-refractivity contribution in [3.8, 4) is 0 Å². The van der Waals surface area contributed by atoms with Crippen molar-refractivity contribution in [2.24, 2.45) is 0 Å². The Hall–Kier alpha value is -0.680. The molecular formula is C9H17N3OS. The molecule has 2 atom stereocenters. The van der Waals surface area contributed by atoms with Gasteiger partial charge in [0.15, 0.2) is 0 Å². The highest BCUT2D eigenvalue weighted by Crippen LogP contribution is 1.97. The lowest BCUT2D eigenvalue weighted by Gasteiger charge is -2.08. The Morgan fingerprint density at radius 3 is 3.07 bits per heavy atom. The highest BCUT2D eigenvalue weighted by Gasteiger charge is 2.04. The van der Waals surface area contributed by atoms with E-state index in [-0.39, 0.29) is 5.25 Å². The van der Waals surface area contributed by atoms with E-state index in [1.54, 1.807) is 18.8 Å². The fourth-order valence-electron chi connectivity index (χ4n) is 1.08. The molecule has 14 heavy (non-hydrogen) atoms. The Labute approximate surface area is 87.0 Å². The molecule has 2 unspecified atom stereocenters. The Balaban J connectivity index is 2.08. The number of hydrogen-bond acceptors (Lipinski definition) is 3. The summed E-state index contributed by atoms with van der Waals surface area (Å²) in [6.45, 7) is 3.69. The van der Waals surface area contributed by atoms with Crippen LogP contribution in [0, 0.1) is 0 Å². The minimum absolute atomic E-state index is 0.268. The molecule has 1 aromatic rings. The first-order valence-electron chi connectivity index (χ1n) is 4.70. The number of rotatable bonds is 6. The summed E-state index contributed by atoms with van der Waals surface area (Å²) < 4.78 is 11.0. The fourth-order valence-corrected chi connectivity index (χ4v) is 1.53. The molecule has 0 aliphatic rings. The number of aromatic nitrogens is 2. The Kier molecular flexibility index (Phi) is 4.82. The van der Waals surface area contributed by atoms with E-state index in [1.807, 2.05) is 6.92 Å². The number of imidazole rings is 1. The van der Waals surface area contributed by atoms with Gasteiger partial charge in [0.25, 0.3) is 0 Å². The van der Waals surface area contributed by atoms with Crippen LogP contribution in [-0.4, -0.2) is 32.2 Å². The van der Waals surface area contributed by atoms with E-state index < -0.39 is 10.8 Å². The predicted molar refractivity (Wildman–Crippen MR) is 58.4 cm³/mol. The minimum Gasteiger partial charge on any atom is -0.347 e. The quantitative estimate of drug-likeness (QED) is 0.685. The van der Waals surface area contributed by atoms with Gasteiger partial charge in [0, 0.05) is 40.7 Å². The summed E-state index contributed by atoms with van der Waals surface area (Å²) in [5.41, 5.74) is 1.08. The molecule has 0 saturated carbocycles. The zero-order valence-corrected chi connectivity index (χ0v) is 9.43. The summed E-state index contributed by atoms with van der Waals surface area (Å²) in [6, 6.07) is 0.